The van der Waals surface area contributed by atoms with Gasteiger partial charge < -0.3 is 10.4 Å². The molecule has 1 aromatic heterocycles. The van der Waals surface area contributed by atoms with E-state index in [0.29, 0.717) is 19.6 Å². The number of nitrogens with one attached hydrogen (secondary N) is 1. The van der Waals surface area contributed by atoms with Gasteiger partial charge in [-0.15, -0.1) is 11.3 Å². The highest BCUT2D eigenvalue weighted by atomic mass is 32.1. The van der Waals surface area contributed by atoms with E-state index in [1.165, 1.54) is 4.88 Å². The maximum absolute atomic E-state index is 11.4. The van der Waals surface area contributed by atoms with E-state index in [1.54, 1.807) is 16.2 Å². The van der Waals surface area contributed by atoms with Crippen LogP contribution in [0.1, 0.15) is 4.88 Å². The third-order valence-electron chi connectivity index (χ3n) is 2.17. The van der Waals surface area contributed by atoms with Crippen LogP contribution in [0.25, 0.3) is 0 Å². The summed E-state index contributed by atoms with van der Waals surface area (Å²) in [5, 5.41) is 13.6. The van der Waals surface area contributed by atoms with E-state index in [2.05, 4.69) is 11.4 Å². The Morgan fingerprint density at radius 3 is 3.06 bits per heavy atom. The topological polar surface area (TPSA) is 52.6 Å². The van der Waals surface area contributed by atoms with Crippen LogP contribution >= 0.6 is 11.3 Å². The third-order valence-corrected chi connectivity index (χ3v) is 3.11. The summed E-state index contributed by atoms with van der Waals surface area (Å²) in [5.74, 6) is 0.00695. The van der Waals surface area contributed by atoms with E-state index in [0.717, 1.165) is 6.42 Å². The van der Waals surface area contributed by atoms with Crippen molar-refractivity contribution in [3.63, 3.8) is 0 Å². The lowest BCUT2D eigenvalue weighted by molar-refractivity contribution is -0.121. The van der Waals surface area contributed by atoms with Crippen molar-refractivity contribution in [1.82, 2.24) is 10.2 Å². The summed E-state index contributed by atoms with van der Waals surface area (Å²) in [7, 11) is 1.81. The van der Waals surface area contributed by atoms with Crippen LogP contribution in [-0.2, 0) is 11.2 Å². The van der Waals surface area contributed by atoms with Gasteiger partial charge in [-0.05, 0) is 24.9 Å². The quantitative estimate of drug-likeness (QED) is 0.724. The number of thiophene rings is 1. The molecule has 0 aliphatic heterocycles. The Hall–Kier alpha value is -0.910. The summed E-state index contributed by atoms with van der Waals surface area (Å²) in [5.41, 5.74) is 0. The van der Waals surface area contributed by atoms with Crippen LogP contribution in [0, 0.1) is 0 Å². The SMILES string of the molecule is CN(CCO)CC(=O)NCCc1cccs1. The highest BCUT2D eigenvalue weighted by molar-refractivity contribution is 7.09. The number of carbonyl (C=O) groups excluding carboxylic acids is 1. The van der Waals surface area contributed by atoms with Crippen molar-refractivity contribution in [1.29, 1.82) is 0 Å². The summed E-state index contributed by atoms with van der Waals surface area (Å²) in [4.78, 5) is 14.5. The van der Waals surface area contributed by atoms with E-state index in [4.69, 9.17) is 5.11 Å². The lowest BCUT2D eigenvalue weighted by Gasteiger charge is -2.14. The molecule has 16 heavy (non-hydrogen) atoms. The van der Waals surface area contributed by atoms with Gasteiger partial charge in [0.05, 0.1) is 13.2 Å². The number of aliphatic hydroxyl groups is 1. The second-order valence-corrected chi connectivity index (χ2v) is 4.67. The Morgan fingerprint density at radius 2 is 2.44 bits per heavy atom. The number of amides is 1. The predicted molar refractivity (Wildman–Crippen MR) is 65.6 cm³/mol. The zero-order valence-corrected chi connectivity index (χ0v) is 10.3. The number of hydrogen-bond donors (Lipinski definition) is 2. The number of aliphatic hydroxyl groups excluding tert-OH is 1. The summed E-state index contributed by atoms with van der Waals surface area (Å²) in [6, 6.07) is 4.07. The first kappa shape index (κ1) is 13.2. The first-order valence-electron chi connectivity index (χ1n) is 5.31. The molecule has 1 heterocycles. The molecule has 0 spiro atoms. The second kappa shape index (κ2) is 7.38. The molecule has 0 atom stereocenters. The molecule has 1 amide bonds. The van der Waals surface area contributed by atoms with Crippen molar-refractivity contribution in [2.75, 3.05) is 33.3 Å². The number of nitrogens with zero attached hydrogens (tertiary/aromatic N) is 1. The second-order valence-electron chi connectivity index (χ2n) is 3.64. The van der Waals surface area contributed by atoms with Crippen LogP contribution in [0.4, 0.5) is 0 Å². The van der Waals surface area contributed by atoms with Crippen LogP contribution in [-0.4, -0.2) is 49.2 Å². The minimum atomic E-state index is 0.00695. The Morgan fingerprint density at radius 1 is 1.62 bits per heavy atom. The molecule has 0 saturated carbocycles. The average Bonchev–Trinajstić information content (AvgIpc) is 2.70. The van der Waals surface area contributed by atoms with Crippen LogP contribution in [0.15, 0.2) is 17.5 Å². The van der Waals surface area contributed by atoms with Gasteiger partial charge in [0.1, 0.15) is 0 Å². The van der Waals surface area contributed by atoms with Crippen molar-refractivity contribution >= 4 is 17.2 Å². The molecule has 1 aromatic rings. The molecule has 0 bridgehead atoms. The summed E-state index contributed by atoms with van der Waals surface area (Å²) >= 11 is 1.70. The van der Waals surface area contributed by atoms with Crippen molar-refractivity contribution in [3.8, 4) is 0 Å². The highest BCUT2D eigenvalue weighted by Crippen LogP contribution is 2.07. The maximum atomic E-state index is 11.4. The van der Waals surface area contributed by atoms with Crippen molar-refractivity contribution in [2.45, 2.75) is 6.42 Å². The molecule has 0 aliphatic rings. The van der Waals surface area contributed by atoms with Crippen molar-refractivity contribution < 1.29 is 9.90 Å². The average molecular weight is 242 g/mol. The molecular weight excluding hydrogens is 224 g/mol. The van der Waals surface area contributed by atoms with Gasteiger partial charge in [-0.3, -0.25) is 9.69 Å². The Bertz CT molecular complexity index is 301. The van der Waals surface area contributed by atoms with Gasteiger partial charge in [-0.2, -0.15) is 0 Å². The van der Waals surface area contributed by atoms with Gasteiger partial charge in [0, 0.05) is 18.0 Å². The molecule has 0 aromatic carbocycles. The first-order chi connectivity index (χ1) is 7.72. The fraction of sp³-hybridized carbons (Fsp3) is 0.545. The Balaban J connectivity index is 2.10. The molecule has 0 fully saturated rings. The van der Waals surface area contributed by atoms with Crippen LogP contribution < -0.4 is 5.32 Å². The lowest BCUT2D eigenvalue weighted by Crippen LogP contribution is -2.37. The Labute approximate surface area is 99.9 Å². The minimum Gasteiger partial charge on any atom is -0.395 e. The van der Waals surface area contributed by atoms with E-state index in [9.17, 15) is 4.79 Å². The van der Waals surface area contributed by atoms with E-state index < -0.39 is 0 Å². The molecular formula is C11H18N2O2S. The molecule has 0 saturated heterocycles. The molecule has 5 heteroatoms. The van der Waals surface area contributed by atoms with Gasteiger partial charge in [-0.25, -0.2) is 0 Å². The molecule has 2 N–H and O–H groups in total. The molecule has 0 aliphatic carbocycles. The number of likely N-dealkylation sites (N-methyl/N-ethyl adjacent to an activating group) is 1. The van der Waals surface area contributed by atoms with Crippen LogP contribution in [0.3, 0.4) is 0 Å². The predicted octanol–water partition coefficient (Wildman–Crippen LogP) is 0.331. The van der Waals surface area contributed by atoms with Crippen molar-refractivity contribution in [3.05, 3.63) is 22.4 Å². The molecule has 0 radical (unpaired) electrons. The fourth-order valence-electron chi connectivity index (χ4n) is 1.33. The van der Waals surface area contributed by atoms with Gasteiger partial charge in [0.25, 0.3) is 0 Å². The number of hydrogen-bond acceptors (Lipinski definition) is 4. The molecule has 1 rings (SSSR count). The summed E-state index contributed by atoms with van der Waals surface area (Å²) in [6.45, 7) is 1.62. The largest absolute Gasteiger partial charge is 0.395 e. The molecule has 90 valence electrons. The summed E-state index contributed by atoms with van der Waals surface area (Å²) in [6.07, 6.45) is 0.882. The van der Waals surface area contributed by atoms with Gasteiger partial charge in [0.2, 0.25) is 5.91 Å². The lowest BCUT2D eigenvalue weighted by atomic mass is 10.3. The third kappa shape index (κ3) is 5.25. The standard InChI is InChI=1S/C11H18N2O2S/c1-13(6-7-14)9-11(15)12-5-4-10-3-2-8-16-10/h2-3,8,14H,4-7,9H2,1H3,(H,12,15). The Kier molecular flexibility index (Phi) is 6.07. The number of rotatable bonds is 7. The van der Waals surface area contributed by atoms with E-state index in [1.807, 2.05) is 18.5 Å². The normalized spacial score (nSPS) is 10.7. The van der Waals surface area contributed by atoms with E-state index in [-0.39, 0.29) is 12.5 Å². The highest BCUT2D eigenvalue weighted by Gasteiger charge is 2.05. The van der Waals surface area contributed by atoms with Crippen LogP contribution in [0.5, 0.6) is 0 Å². The zero-order valence-electron chi connectivity index (χ0n) is 9.48. The maximum Gasteiger partial charge on any atom is 0.234 e. The van der Waals surface area contributed by atoms with Crippen molar-refractivity contribution in [2.24, 2.45) is 0 Å². The van der Waals surface area contributed by atoms with Gasteiger partial charge in [0.15, 0.2) is 0 Å². The van der Waals surface area contributed by atoms with Gasteiger partial charge in [-0.1, -0.05) is 6.07 Å². The van der Waals surface area contributed by atoms with Crippen LogP contribution in [0.2, 0.25) is 0 Å². The smallest absolute Gasteiger partial charge is 0.234 e. The first-order valence-corrected chi connectivity index (χ1v) is 6.19. The van der Waals surface area contributed by atoms with Gasteiger partial charge >= 0.3 is 0 Å². The minimum absolute atomic E-state index is 0.00695. The fourth-order valence-corrected chi connectivity index (χ4v) is 2.04. The van der Waals surface area contributed by atoms with E-state index >= 15 is 0 Å². The number of carbonyl (C=O) groups is 1. The molecule has 4 nitrogen and oxygen atoms in total. The zero-order chi connectivity index (χ0) is 11.8. The summed E-state index contributed by atoms with van der Waals surface area (Å²) < 4.78 is 0. The monoisotopic (exact) mass is 242 g/mol. The molecule has 0 unspecified atom stereocenters.